The Morgan fingerprint density at radius 1 is 1.35 bits per heavy atom. The van der Waals surface area contributed by atoms with Gasteiger partial charge in [0.15, 0.2) is 0 Å². The Kier molecular flexibility index (Phi) is 7.42. The molecule has 2 unspecified atom stereocenters. The number of ether oxygens (including phenoxy) is 1. The number of carbonyl (C=O) groups is 1. The Morgan fingerprint density at radius 2 is 2.00 bits per heavy atom. The highest BCUT2D eigenvalue weighted by atomic mass is 16.5. The smallest absolute Gasteiger partial charge is 0.409 e. The SMILES string of the molecule is CCO.COC(=O)N1CC=C2C(C1)C(c1cccc(C)c1)C(C#N)=C(N)C2(C#N)C#N. The Labute approximate surface area is 182 Å². The number of rotatable bonds is 1. The van der Waals surface area contributed by atoms with Gasteiger partial charge >= 0.3 is 6.09 Å². The van der Waals surface area contributed by atoms with Crippen LogP contribution in [0.5, 0.6) is 0 Å². The summed E-state index contributed by atoms with van der Waals surface area (Å²) in [4.78, 5) is 13.6. The Hall–Kier alpha value is -3.80. The second-order valence-corrected chi connectivity index (χ2v) is 7.26. The summed E-state index contributed by atoms with van der Waals surface area (Å²) >= 11 is 0. The third-order valence-corrected chi connectivity index (χ3v) is 5.48. The molecule has 0 radical (unpaired) electrons. The van der Waals surface area contributed by atoms with E-state index in [2.05, 4.69) is 6.07 Å². The molecule has 8 heteroatoms. The van der Waals surface area contributed by atoms with Crippen molar-refractivity contribution in [3.63, 3.8) is 0 Å². The number of allylic oxidation sites excluding steroid dienone is 2. The summed E-state index contributed by atoms with van der Waals surface area (Å²) in [6, 6.07) is 13.8. The van der Waals surface area contributed by atoms with Crippen LogP contribution in [0.15, 0.2) is 47.2 Å². The highest BCUT2D eigenvalue weighted by molar-refractivity contribution is 5.69. The van der Waals surface area contributed by atoms with Crippen molar-refractivity contribution < 1.29 is 14.6 Å². The van der Waals surface area contributed by atoms with E-state index in [1.165, 1.54) is 12.0 Å². The monoisotopic (exact) mass is 419 g/mol. The van der Waals surface area contributed by atoms with Crippen LogP contribution in [-0.4, -0.2) is 42.9 Å². The molecule has 2 atom stereocenters. The Balaban J connectivity index is 0.00000107. The number of aliphatic hydroxyl groups is 1. The number of benzene rings is 1. The van der Waals surface area contributed by atoms with Gasteiger partial charge in [0.1, 0.15) is 0 Å². The molecule has 8 nitrogen and oxygen atoms in total. The number of aliphatic hydroxyl groups excluding tert-OH is 1. The fourth-order valence-corrected chi connectivity index (χ4v) is 4.16. The lowest BCUT2D eigenvalue weighted by atomic mass is 9.60. The van der Waals surface area contributed by atoms with E-state index in [1.807, 2.05) is 43.3 Å². The molecule has 0 bridgehead atoms. The van der Waals surface area contributed by atoms with E-state index in [9.17, 15) is 20.6 Å². The predicted octanol–water partition coefficient (Wildman–Crippen LogP) is 2.49. The minimum absolute atomic E-state index is 0.0273. The van der Waals surface area contributed by atoms with Crippen molar-refractivity contribution in [2.75, 3.05) is 26.8 Å². The summed E-state index contributed by atoms with van der Waals surface area (Å²) in [5.41, 5.74) is 7.12. The van der Waals surface area contributed by atoms with Gasteiger partial charge in [0.2, 0.25) is 5.41 Å². The van der Waals surface area contributed by atoms with E-state index in [0.717, 1.165) is 11.1 Å². The lowest BCUT2D eigenvalue weighted by molar-refractivity contribution is 0.117. The van der Waals surface area contributed by atoms with Gasteiger partial charge in [-0.3, -0.25) is 0 Å². The van der Waals surface area contributed by atoms with Gasteiger partial charge in [-0.2, -0.15) is 15.8 Å². The first-order valence-electron chi connectivity index (χ1n) is 9.78. The van der Waals surface area contributed by atoms with Crippen LogP contribution in [0.1, 0.15) is 24.0 Å². The summed E-state index contributed by atoms with van der Waals surface area (Å²) in [7, 11) is 1.30. The molecule has 1 aliphatic carbocycles. The minimum Gasteiger partial charge on any atom is -0.453 e. The van der Waals surface area contributed by atoms with Crippen LogP contribution in [0.4, 0.5) is 4.79 Å². The quantitative estimate of drug-likeness (QED) is 0.664. The van der Waals surface area contributed by atoms with Crippen LogP contribution in [0, 0.1) is 52.2 Å². The first-order chi connectivity index (χ1) is 14.8. The van der Waals surface area contributed by atoms with Gasteiger partial charge in [-0.1, -0.05) is 35.9 Å². The zero-order valence-corrected chi connectivity index (χ0v) is 17.8. The maximum atomic E-state index is 12.1. The van der Waals surface area contributed by atoms with Crippen molar-refractivity contribution in [2.24, 2.45) is 17.1 Å². The van der Waals surface area contributed by atoms with Crippen molar-refractivity contribution in [1.82, 2.24) is 4.90 Å². The summed E-state index contributed by atoms with van der Waals surface area (Å²) in [6.45, 7) is 4.30. The van der Waals surface area contributed by atoms with Gasteiger partial charge in [0.05, 0.1) is 36.6 Å². The second-order valence-electron chi connectivity index (χ2n) is 7.26. The predicted molar refractivity (Wildman–Crippen MR) is 113 cm³/mol. The van der Waals surface area contributed by atoms with Crippen LogP contribution in [0.25, 0.3) is 0 Å². The topological polar surface area (TPSA) is 147 Å². The number of carbonyl (C=O) groups excluding carboxylic acids is 1. The standard InChI is InChI=1S/C21H19N5O2.C2H6O/c1-13-4-3-5-14(8-13)18-15(9-22)19(25)21(11-23,12-24)17-6-7-26(10-16(17)18)20(27)28-2;1-2-3/h3-6,8,16,18H,7,10,25H2,1-2H3;3H,2H2,1H3. The zero-order valence-electron chi connectivity index (χ0n) is 17.8. The number of nitriles is 3. The van der Waals surface area contributed by atoms with Gasteiger partial charge in [0, 0.05) is 31.5 Å². The van der Waals surface area contributed by atoms with E-state index in [0.29, 0.717) is 5.57 Å². The van der Waals surface area contributed by atoms with Crippen molar-refractivity contribution in [1.29, 1.82) is 15.8 Å². The normalized spacial score (nSPS) is 21.2. The van der Waals surface area contributed by atoms with E-state index in [1.54, 1.807) is 13.0 Å². The van der Waals surface area contributed by atoms with E-state index < -0.39 is 23.3 Å². The van der Waals surface area contributed by atoms with Crippen molar-refractivity contribution in [3.8, 4) is 18.2 Å². The van der Waals surface area contributed by atoms with Crippen molar-refractivity contribution >= 4 is 6.09 Å². The molecule has 160 valence electrons. The molecule has 31 heavy (non-hydrogen) atoms. The molecule has 2 aliphatic rings. The molecular formula is C23H25N5O3. The molecule has 3 N–H and O–H groups in total. The number of amides is 1. The number of hydrogen-bond acceptors (Lipinski definition) is 7. The molecule has 1 aliphatic heterocycles. The Bertz CT molecular complexity index is 1020. The molecule has 0 aromatic heterocycles. The summed E-state index contributed by atoms with van der Waals surface area (Å²) in [5, 5.41) is 37.1. The van der Waals surface area contributed by atoms with Gasteiger partial charge in [-0.05, 0) is 25.0 Å². The van der Waals surface area contributed by atoms with Crippen LogP contribution >= 0.6 is 0 Å². The summed E-state index contributed by atoms with van der Waals surface area (Å²) in [5.74, 6) is -0.894. The number of hydrogen-bond donors (Lipinski definition) is 2. The number of aryl methyl sites for hydroxylation is 1. The molecule has 0 fully saturated rings. The molecule has 1 aromatic carbocycles. The highest BCUT2D eigenvalue weighted by Crippen LogP contribution is 2.52. The fraction of sp³-hybridized carbons (Fsp3) is 0.391. The lowest BCUT2D eigenvalue weighted by Gasteiger charge is -2.44. The zero-order chi connectivity index (χ0) is 23.2. The average Bonchev–Trinajstić information content (AvgIpc) is 2.78. The molecule has 1 aromatic rings. The number of fused-ring (bicyclic) bond motifs is 1. The molecule has 1 amide bonds. The molecule has 1 heterocycles. The lowest BCUT2D eigenvalue weighted by Crippen LogP contribution is -2.48. The number of methoxy groups -OCH3 is 1. The summed E-state index contributed by atoms with van der Waals surface area (Å²) in [6.07, 6.45) is 1.19. The van der Waals surface area contributed by atoms with Crippen LogP contribution in [0.2, 0.25) is 0 Å². The van der Waals surface area contributed by atoms with E-state index in [4.69, 9.17) is 15.6 Å². The molecule has 0 saturated carbocycles. The highest BCUT2D eigenvalue weighted by Gasteiger charge is 2.53. The van der Waals surface area contributed by atoms with Gasteiger partial charge in [-0.25, -0.2) is 4.79 Å². The average molecular weight is 419 g/mol. The molecule has 3 rings (SSSR count). The van der Waals surface area contributed by atoms with Crippen LogP contribution < -0.4 is 5.73 Å². The maximum Gasteiger partial charge on any atom is 0.409 e. The van der Waals surface area contributed by atoms with Crippen molar-refractivity contribution in [3.05, 3.63) is 58.3 Å². The second kappa shape index (κ2) is 9.80. The van der Waals surface area contributed by atoms with E-state index >= 15 is 0 Å². The van der Waals surface area contributed by atoms with Gasteiger partial charge in [0.25, 0.3) is 0 Å². The van der Waals surface area contributed by atoms with Crippen LogP contribution in [0.3, 0.4) is 0 Å². The number of nitrogens with two attached hydrogens (primary N) is 1. The molecular weight excluding hydrogens is 394 g/mol. The minimum atomic E-state index is -1.71. The van der Waals surface area contributed by atoms with Crippen molar-refractivity contribution in [2.45, 2.75) is 19.8 Å². The van der Waals surface area contributed by atoms with E-state index in [-0.39, 0.29) is 31.0 Å². The largest absolute Gasteiger partial charge is 0.453 e. The van der Waals surface area contributed by atoms with Gasteiger partial charge in [-0.15, -0.1) is 0 Å². The number of nitrogens with zero attached hydrogens (tertiary/aromatic N) is 4. The summed E-state index contributed by atoms with van der Waals surface area (Å²) < 4.78 is 4.83. The first-order valence-corrected chi connectivity index (χ1v) is 9.78. The Morgan fingerprint density at radius 3 is 2.52 bits per heavy atom. The van der Waals surface area contributed by atoms with Crippen LogP contribution in [-0.2, 0) is 4.74 Å². The molecule has 0 saturated heterocycles. The fourth-order valence-electron chi connectivity index (χ4n) is 4.16. The third-order valence-electron chi connectivity index (χ3n) is 5.48. The third kappa shape index (κ3) is 4.10. The maximum absolute atomic E-state index is 12.1. The first kappa shape index (κ1) is 23.5. The van der Waals surface area contributed by atoms with Gasteiger partial charge < -0.3 is 20.5 Å². The molecule has 0 spiro atoms.